The van der Waals surface area contributed by atoms with Crippen molar-refractivity contribution in [2.75, 3.05) is 20.3 Å². The summed E-state index contributed by atoms with van der Waals surface area (Å²) in [5.74, 6) is 0.485. The monoisotopic (exact) mass is 206 g/mol. The third kappa shape index (κ3) is 3.22. The second-order valence-electron chi connectivity index (χ2n) is 2.93. The molecule has 3 heteroatoms. The fourth-order valence-corrected chi connectivity index (χ4v) is 1.19. The number of methoxy groups -OCH3 is 1. The minimum Gasteiger partial charge on any atom is -0.496 e. The lowest BCUT2D eigenvalue weighted by Gasteiger charge is -2.06. The number of ether oxygens (including phenoxy) is 2. The molecular formula is C12H14O3. The van der Waals surface area contributed by atoms with Crippen LogP contribution in [0.1, 0.15) is 10.4 Å². The van der Waals surface area contributed by atoms with Gasteiger partial charge in [0, 0.05) is 0 Å². The van der Waals surface area contributed by atoms with Crippen LogP contribution in [0.3, 0.4) is 0 Å². The number of Topliss-reactive ketones (excluding diaryl/α,β-unsaturated/α-hetero) is 1. The van der Waals surface area contributed by atoms with Crippen molar-refractivity contribution in [3.63, 3.8) is 0 Å². The molecule has 80 valence electrons. The van der Waals surface area contributed by atoms with Gasteiger partial charge in [-0.2, -0.15) is 0 Å². The lowest BCUT2D eigenvalue weighted by Crippen LogP contribution is -2.10. The summed E-state index contributed by atoms with van der Waals surface area (Å²) in [6, 6.07) is 7.09. The molecule has 1 rings (SSSR count). The van der Waals surface area contributed by atoms with Gasteiger partial charge in [-0.3, -0.25) is 4.79 Å². The minimum absolute atomic E-state index is 0.0480. The van der Waals surface area contributed by atoms with E-state index in [2.05, 4.69) is 6.58 Å². The van der Waals surface area contributed by atoms with E-state index >= 15 is 0 Å². The maximum atomic E-state index is 11.7. The molecule has 0 bridgehead atoms. The van der Waals surface area contributed by atoms with Gasteiger partial charge in [0.05, 0.1) is 19.3 Å². The van der Waals surface area contributed by atoms with Crippen LogP contribution in [-0.4, -0.2) is 26.1 Å². The van der Waals surface area contributed by atoms with Crippen molar-refractivity contribution in [1.29, 1.82) is 0 Å². The molecule has 0 unspecified atom stereocenters. The Morgan fingerprint density at radius 1 is 1.47 bits per heavy atom. The van der Waals surface area contributed by atoms with Gasteiger partial charge in [0.15, 0.2) is 5.78 Å². The van der Waals surface area contributed by atoms with Gasteiger partial charge in [-0.15, -0.1) is 6.58 Å². The lowest BCUT2D eigenvalue weighted by molar-refractivity contribution is 0.0803. The average Bonchev–Trinajstić information content (AvgIpc) is 2.29. The molecule has 15 heavy (non-hydrogen) atoms. The van der Waals surface area contributed by atoms with Crippen LogP contribution in [0.4, 0.5) is 0 Å². The van der Waals surface area contributed by atoms with E-state index in [9.17, 15) is 4.79 Å². The third-order valence-electron chi connectivity index (χ3n) is 1.88. The summed E-state index contributed by atoms with van der Waals surface area (Å²) >= 11 is 0. The molecule has 1 aromatic carbocycles. The van der Waals surface area contributed by atoms with E-state index < -0.39 is 0 Å². The first-order valence-corrected chi connectivity index (χ1v) is 4.64. The van der Waals surface area contributed by atoms with E-state index in [1.165, 1.54) is 7.11 Å². The van der Waals surface area contributed by atoms with E-state index in [1.54, 1.807) is 24.3 Å². The number of para-hydroxylation sites is 1. The second-order valence-corrected chi connectivity index (χ2v) is 2.93. The topological polar surface area (TPSA) is 35.5 Å². The van der Waals surface area contributed by atoms with Gasteiger partial charge >= 0.3 is 0 Å². The van der Waals surface area contributed by atoms with Crippen molar-refractivity contribution in [1.82, 2.24) is 0 Å². The quantitative estimate of drug-likeness (QED) is 0.406. The van der Waals surface area contributed by atoms with Crippen molar-refractivity contribution in [3.8, 4) is 5.75 Å². The predicted octanol–water partition coefficient (Wildman–Crippen LogP) is 2.08. The van der Waals surface area contributed by atoms with Crippen LogP contribution in [0.25, 0.3) is 0 Å². The van der Waals surface area contributed by atoms with Gasteiger partial charge in [0.2, 0.25) is 0 Å². The van der Waals surface area contributed by atoms with Gasteiger partial charge in [-0.25, -0.2) is 0 Å². The van der Waals surface area contributed by atoms with Crippen LogP contribution in [0, 0.1) is 0 Å². The van der Waals surface area contributed by atoms with Crippen molar-refractivity contribution < 1.29 is 14.3 Å². The SMILES string of the molecule is C=CCOCC(=O)c1ccccc1OC. The molecule has 0 atom stereocenters. The average molecular weight is 206 g/mol. The lowest BCUT2D eigenvalue weighted by atomic mass is 10.1. The molecule has 0 spiro atoms. The Balaban J connectivity index is 2.68. The zero-order valence-electron chi connectivity index (χ0n) is 8.73. The Bertz CT molecular complexity index is 344. The number of benzene rings is 1. The smallest absolute Gasteiger partial charge is 0.192 e. The Labute approximate surface area is 89.3 Å². The number of carbonyl (C=O) groups is 1. The Kier molecular flexibility index (Phi) is 4.57. The molecule has 3 nitrogen and oxygen atoms in total. The molecule has 0 saturated carbocycles. The molecule has 1 aromatic rings. The summed E-state index contributed by atoms with van der Waals surface area (Å²) in [6.45, 7) is 3.93. The van der Waals surface area contributed by atoms with E-state index in [0.717, 1.165) is 0 Å². The van der Waals surface area contributed by atoms with Crippen LogP contribution in [-0.2, 0) is 4.74 Å². The first kappa shape index (κ1) is 11.5. The number of ketones is 1. The Morgan fingerprint density at radius 2 is 2.20 bits per heavy atom. The molecular weight excluding hydrogens is 192 g/mol. The fraction of sp³-hybridized carbons (Fsp3) is 0.250. The predicted molar refractivity (Wildman–Crippen MR) is 58.3 cm³/mol. The zero-order valence-corrected chi connectivity index (χ0v) is 8.73. The highest BCUT2D eigenvalue weighted by Crippen LogP contribution is 2.17. The largest absolute Gasteiger partial charge is 0.496 e. The molecule has 0 aliphatic heterocycles. The van der Waals surface area contributed by atoms with Gasteiger partial charge in [-0.1, -0.05) is 18.2 Å². The Hall–Kier alpha value is -1.61. The summed E-state index contributed by atoms with van der Waals surface area (Å²) in [5, 5.41) is 0. The van der Waals surface area contributed by atoms with Crippen LogP contribution >= 0.6 is 0 Å². The van der Waals surface area contributed by atoms with E-state index in [0.29, 0.717) is 17.9 Å². The summed E-state index contributed by atoms with van der Waals surface area (Å²) in [5.41, 5.74) is 0.545. The molecule has 0 radical (unpaired) electrons. The normalized spacial score (nSPS) is 9.67. The molecule has 0 aromatic heterocycles. The molecule has 0 fully saturated rings. The van der Waals surface area contributed by atoms with Crippen LogP contribution in [0.15, 0.2) is 36.9 Å². The fourth-order valence-electron chi connectivity index (χ4n) is 1.19. The molecule has 0 aliphatic carbocycles. The highest BCUT2D eigenvalue weighted by Gasteiger charge is 2.10. The summed E-state index contributed by atoms with van der Waals surface area (Å²) in [4.78, 5) is 11.7. The van der Waals surface area contributed by atoms with Crippen molar-refractivity contribution >= 4 is 5.78 Å². The first-order valence-electron chi connectivity index (χ1n) is 4.64. The van der Waals surface area contributed by atoms with E-state index in [1.807, 2.05) is 6.07 Å². The van der Waals surface area contributed by atoms with Gasteiger partial charge in [0.25, 0.3) is 0 Å². The van der Waals surface area contributed by atoms with Crippen LogP contribution < -0.4 is 4.74 Å². The van der Waals surface area contributed by atoms with Crippen molar-refractivity contribution in [3.05, 3.63) is 42.5 Å². The molecule has 0 heterocycles. The van der Waals surface area contributed by atoms with Gasteiger partial charge in [0.1, 0.15) is 12.4 Å². The Morgan fingerprint density at radius 3 is 2.87 bits per heavy atom. The minimum atomic E-state index is -0.0886. The summed E-state index contributed by atoms with van der Waals surface area (Å²) in [6.07, 6.45) is 1.61. The molecule has 0 aliphatic rings. The number of rotatable bonds is 6. The first-order chi connectivity index (χ1) is 7.29. The molecule has 0 amide bonds. The third-order valence-corrected chi connectivity index (χ3v) is 1.88. The number of hydrogen-bond acceptors (Lipinski definition) is 3. The van der Waals surface area contributed by atoms with Gasteiger partial charge < -0.3 is 9.47 Å². The summed E-state index contributed by atoms with van der Waals surface area (Å²) in [7, 11) is 1.54. The highest BCUT2D eigenvalue weighted by molar-refractivity contribution is 5.99. The van der Waals surface area contributed by atoms with Gasteiger partial charge in [-0.05, 0) is 12.1 Å². The van der Waals surface area contributed by atoms with Crippen molar-refractivity contribution in [2.45, 2.75) is 0 Å². The summed E-state index contributed by atoms with van der Waals surface area (Å²) < 4.78 is 10.2. The van der Waals surface area contributed by atoms with E-state index in [4.69, 9.17) is 9.47 Å². The second kappa shape index (κ2) is 5.98. The zero-order chi connectivity index (χ0) is 11.1. The van der Waals surface area contributed by atoms with Crippen LogP contribution in [0.2, 0.25) is 0 Å². The standard InChI is InChI=1S/C12H14O3/c1-3-8-15-9-11(13)10-6-4-5-7-12(10)14-2/h3-7H,1,8-9H2,2H3. The van der Waals surface area contributed by atoms with Crippen LogP contribution in [0.5, 0.6) is 5.75 Å². The number of carbonyl (C=O) groups excluding carboxylic acids is 1. The van der Waals surface area contributed by atoms with Crippen molar-refractivity contribution in [2.24, 2.45) is 0 Å². The molecule has 0 saturated heterocycles. The van der Waals surface area contributed by atoms with E-state index in [-0.39, 0.29) is 12.4 Å². The highest BCUT2D eigenvalue weighted by atomic mass is 16.5. The maximum absolute atomic E-state index is 11.7. The molecule has 0 N–H and O–H groups in total. The maximum Gasteiger partial charge on any atom is 0.192 e. The number of hydrogen-bond donors (Lipinski definition) is 0.